The number of rotatable bonds is 5. The monoisotopic (exact) mass is 474 g/mol. The van der Waals surface area contributed by atoms with Crippen molar-refractivity contribution in [3.8, 4) is 5.75 Å². The van der Waals surface area contributed by atoms with Crippen molar-refractivity contribution in [2.24, 2.45) is 0 Å². The number of aryl methyl sites for hydroxylation is 1. The van der Waals surface area contributed by atoms with E-state index in [0.717, 1.165) is 18.4 Å². The lowest BCUT2D eigenvalue weighted by Gasteiger charge is -2.31. The number of aromatic nitrogens is 1. The van der Waals surface area contributed by atoms with Crippen LogP contribution in [0.2, 0.25) is 0 Å². The Morgan fingerprint density at radius 3 is 2.52 bits per heavy atom. The first-order valence-corrected chi connectivity index (χ1v) is 12.6. The minimum atomic E-state index is -3.71. The van der Waals surface area contributed by atoms with E-state index < -0.39 is 15.9 Å². The van der Waals surface area contributed by atoms with E-state index >= 15 is 0 Å². The van der Waals surface area contributed by atoms with Gasteiger partial charge in [-0.1, -0.05) is 0 Å². The molecule has 2 aromatic rings. The highest BCUT2D eigenvalue weighted by atomic mass is 32.2. The third-order valence-corrected chi connectivity index (χ3v) is 8.29. The van der Waals surface area contributed by atoms with Gasteiger partial charge in [-0.05, 0) is 57.0 Å². The fourth-order valence-corrected chi connectivity index (χ4v) is 5.97. The molecule has 4 rings (SSSR count). The number of hydrogen-bond donors (Lipinski definition) is 2. The van der Waals surface area contributed by atoms with Gasteiger partial charge in [-0.15, -0.1) is 0 Å². The van der Waals surface area contributed by atoms with E-state index in [1.54, 1.807) is 13.0 Å². The molecule has 9 nitrogen and oxygen atoms in total. The molecule has 1 amide bonds. The average molecular weight is 475 g/mol. The number of nitrogens with zero attached hydrogens (tertiary/aromatic N) is 2. The Bertz CT molecular complexity index is 1180. The highest BCUT2D eigenvalue weighted by Crippen LogP contribution is 2.31. The zero-order valence-electron chi connectivity index (χ0n) is 19.2. The highest BCUT2D eigenvalue weighted by Gasteiger charge is 2.30. The molecule has 1 aromatic heterocycles. The van der Waals surface area contributed by atoms with Gasteiger partial charge in [0.15, 0.2) is 5.78 Å². The van der Waals surface area contributed by atoms with Crippen molar-refractivity contribution in [2.45, 2.75) is 37.5 Å². The minimum absolute atomic E-state index is 0.0492. The van der Waals surface area contributed by atoms with Gasteiger partial charge in [0, 0.05) is 43.9 Å². The summed E-state index contributed by atoms with van der Waals surface area (Å²) in [5.74, 6) is -0.0271. The first kappa shape index (κ1) is 23.5. The summed E-state index contributed by atoms with van der Waals surface area (Å²) in [7, 11) is -0.287. The van der Waals surface area contributed by atoms with Crippen molar-refractivity contribution in [1.82, 2.24) is 14.2 Å². The second-order valence-electron chi connectivity index (χ2n) is 8.63. The second kappa shape index (κ2) is 9.28. The third kappa shape index (κ3) is 4.55. The maximum atomic E-state index is 13.2. The first-order chi connectivity index (χ1) is 15.7. The molecule has 1 aliphatic carbocycles. The number of hydrogen-bond acceptors (Lipinski definition) is 6. The van der Waals surface area contributed by atoms with E-state index in [4.69, 9.17) is 4.74 Å². The van der Waals surface area contributed by atoms with Gasteiger partial charge in [-0.3, -0.25) is 9.59 Å². The van der Waals surface area contributed by atoms with Gasteiger partial charge in [-0.25, -0.2) is 8.42 Å². The summed E-state index contributed by atoms with van der Waals surface area (Å²) in [4.78, 5) is 31.0. The van der Waals surface area contributed by atoms with Crippen LogP contribution in [0.15, 0.2) is 23.1 Å². The van der Waals surface area contributed by atoms with Gasteiger partial charge in [0.2, 0.25) is 10.0 Å². The predicted octanol–water partition coefficient (Wildman–Crippen LogP) is 2.43. The van der Waals surface area contributed by atoms with Crippen molar-refractivity contribution >= 4 is 27.4 Å². The van der Waals surface area contributed by atoms with E-state index in [-0.39, 0.29) is 16.4 Å². The number of H-pyrrole nitrogens is 1. The lowest BCUT2D eigenvalue weighted by Crippen LogP contribution is -2.47. The van der Waals surface area contributed by atoms with Crippen LogP contribution in [0.1, 0.15) is 51.4 Å². The molecule has 1 saturated heterocycles. The summed E-state index contributed by atoms with van der Waals surface area (Å²) in [6.07, 6.45) is 2.75. The lowest BCUT2D eigenvalue weighted by atomic mass is 10.0. The quantitative estimate of drug-likeness (QED) is 0.644. The molecule has 2 heterocycles. The summed E-state index contributed by atoms with van der Waals surface area (Å²) in [6.45, 7) is 3.94. The van der Waals surface area contributed by atoms with Gasteiger partial charge in [0.1, 0.15) is 11.4 Å². The number of carbonyl (C=O) groups excluding carboxylic acids is 2. The fourth-order valence-electron chi connectivity index (χ4n) is 4.52. The van der Waals surface area contributed by atoms with Crippen molar-refractivity contribution in [3.05, 3.63) is 40.7 Å². The minimum Gasteiger partial charge on any atom is -0.495 e. The number of Topliss-reactive ketones (excluding diaryl/α,β-unsaturated/α-hetero) is 1. The van der Waals surface area contributed by atoms with Crippen LogP contribution in [0.3, 0.4) is 0 Å². The molecule has 0 atom stereocenters. The van der Waals surface area contributed by atoms with Gasteiger partial charge in [-0.2, -0.15) is 4.31 Å². The molecule has 0 radical (unpaired) electrons. The zero-order valence-corrected chi connectivity index (χ0v) is 20.0. The largest absolute Gasteiger partial charge is 0.495 e. The predicted molar refractivity (Wildman–Crippen MR) is 125 cm³/mol. The number of carbonyl (C=O) groups is 2. The molecular weight excluding hydrogens is 444 g/mol. The van der Waals surface area contributed by atoms with E-state index in [9.17, 15) is 18.0 Å². The molecule has 1 aromatic carbocycles. The van der Waals surface area contributed by atoms with Gasteiger partial charge in [0.05, 0.1) is 17.7 Å². The molecule has 2 aliphatic rings. The Hall–Kier alpha value is -2.69. The molecule has 0 spiro atoms. The van der Waals surface area contributed by atoms with E-state index in [2.05, 4.69) is 15.2 Å². The van der Waals surface area contributed by atoms with Crippen molar-refractivity contribution in [1.29, 1.82) is 0 Å². The zero-order chi connectivity index (χ0) is 23.8. The molecule has 1 aliphatic heterocycles. The number of sulfonamides is 1. The summed E-state index contributed by atoms with van der Waals surface area (Å²) < 4.78 is 33.2. The van der Waals surface area contributed by atoms with Crippen LogP contribution in [0.4, 0.5) is 5.69 Å². The van der Waals surface area contributed by atoms with Crippen LogP contribution < -0.4 is 10.1 Å². The Balaban J connectivity index is 1.64. The van der Waals surface area contributed by atoms with E-state index in [1.807, 2.05) is 7.05 Å². The Morgan fingerprint density at radius 2 is 1.82 bits per heavy atom. The maximum absolute atomic E-state index is 13.2. The number of anilines is 1. The van der Waals surface area contributed by atoms with Gasteiger partial charge in [0.25, 0.3) is 5.91 Å². The number of benzene rings is 1. The average Bonchev–Trinajstić information content (AvgIpc) is 3.00. The molecular formula is C23H30N4O5S. The normalized spacial score (nSPS) is 18.0. The van der Waals surface area contributed by atoms with Crippen molar-refractivity contribution in [2.75, 3.05) is 45.7 Å². The molecule has 10 heteroatoms. The van der Waals surface area contributed by atoms with Crippen LogP contribution in [0.25, 0.3) is 0 Å². The molecule has 1 fully saturated rings. The molecule has 33 heavy (non-hydrogen) atoms. The Morgan fingerprint density at radius 1 is 1.12 bits per heavy atom. The number of nitrogens with one attached hydrogen (secondary N) is 2. The number of ketones is 1. The van der Waals surface area contributed by atoms with Crippen molar-refractivity contribution in [3.63, 3.8) is 0 Å². The highest BCUT2D eigenvalue weighted by molar-refractivity contribution is 7.89. The number of ether oxygens (including phenoxy) is 1. The molecule has 2 N–H and O–H groups in total. The summed E-state index contributed by atoms with van der Waals surface area (Å²) in [5, 5.41) is 2.80. The topological polar surface area (TPSA) is 112 Å². The number of methoxy groups -OCH3 is 1. The molecule has 0 unspecified atom stereocenters. The van der Waals surface area contributed by atoms with Crippen LogP contribution >= 0.6 is 0 Å². The molecule has 0 saturated carbocycles. The first-order valence-electron chi connectivity index (χ1n) is 11.1. The smallest absolute Gasteiger partial charge is 0.272 e. The number of likely N-dealkylation sites (N-methyl/N-ethyl adjacent to an activating group) is 1. The van der Waals surface area contributed by atoms with Crippen LogP contribution in [-0.4, -0.2) is 74.6 Å². The van der Waals surface area contributed by atoms with E-state index in [0.29, 0.717) is 61.7 Å². The Labute approximate surface area is 194 Å². The lowest BCUT2D eigenvalue weighted by molar-refractivity contribution is 0.0980. The second-order valence-corrected chi connectivity index (χ2v) is 10.6. The van der Waals surface area contributed by atoms with Gasteiger partial charge >= 0.3 is 0 Å². The maximum Gasteiger partial charge on any atom is 0.272 e. The summed E-state index contributed by atoms with van der Waals surface area (Å²) in [5.41, 5.74) is 2.62. The SMILES string of the molecule is COc1ccc(S(=O)(=O)N2CCN(C)CC2)cc1NC(=O)c1[nH]c(C)c2c1CCCCC2=O. The van der Waals surface area contributed by atoms with Crippen LogP contribution in [-0.2, 0) is 16.4 Å². The number of amides is 1. The van der Waals surface area contributed by atoms with Crippen molar-refractivity contribution < 1.29 is 22.7 Å². The third-order valence-electron chi connectivity index (χ3n) is 6.40. The number of aromatic amines is 1. The molecule has 0 bridgehead atoms. The standard InChI is InChI=1S/C23H30N4O5S/c1-15-21-17(6-4-5-7-19(21)28)22(24-15)23(29)25-18-14-16(8-9-20(18)32-3)33(30,31)27-12-10-26(2)11-13-27/h8-9,14,24H,4-7,10-13H2,1-3H3,(H,25,29). The van der Waals surface area contributed by atoms with E-state index in [1.165, 1.54) is 23.5 Å². The van der Waals surface area contributed by atoms with Crippen LogP contribution in [0.5, 0.6) is 5.75 Å². The molecule has 178 valence electrons. The number of piperazine rings is 1. The Kier molecular flexibility index (Phi) is 6.60. The fraction of sp³-hybridized carbons (Fsp3) is 0.478. The summed E-state index contributed by atoms with van der Waals surface area (Å²) >= 11 is 0. The number of fused-ring (bicyclic) bond motifs is 1. The van der Waals surface area contributed by atoms with Crippen LogP contribution in [0, 0.1) is 6.92 Å². The van der Waals surface area contributed by atoms with Gasteiger partial charge < -0.3 is 19.9 Å². The summed E-state index contributed by atoms with van der Waals surface area (Å²) in [6, 6.07) is 4.47.